The zero-order chi connectivity index (χ0) is 13.4. The maximum atomic E-state index is 13.2. The van der Waals surface area contributed by atoms with Crippen LogP contribution >= 0.6 is 12.2 Å². The number of nitrogens with one attached hydrogen (secondary N) is 1. The van der Waals surface area contributed by atoms with E-state index in [9.17, 15) is 4.39 Å². The second kappa shape index (κ2) is 4.51. The fourth-order valence-electron chi connectivity index (χ4n) is 2.09. The van der Waals surface area contributed by atoms with Crippen LogP contribution in [0.15, 0.2) is 42.5 Å². The van der Waals surface area contributed by atoms with Crippen LogP contribution in [0.2, 0.25) is 0 Å². The number of aromatic nitrogens is 2. The fourth-order valence-corrected chi connectivity index (χ4v) is 2.40. The zero-order valence-electron chi connectivity index (χ0n) is 10.2. The molecule has 0 aliphatic carbocycles. The Kier molecular flexibility index (Phi) is 2.83. The van der Waals surface area contributed by atoms with E-state index in [1.807, 2.05) is 28.8 Å². The number of halogens is 1. The van der Waals surface area contributed by atoms with E-state index in [-0.39, 0.29) is 5.82 Å². The molecule has 5 heteroatoms. The number of imidazole rings is 1. The Labute approximate surface area is 114 Å². The van der Waals surface area contributed by atoms with Gasteiger partial charge in [-0.2, -0.15) is 0 Å². The van der Waals surface area contributed by atoms with Gasteiger partial charge in [0.25, 0.3) is 0 Å². The van der Waals surface area contributed by atoms with Crippen LogP contribution in [0.4, 0.5) is 4.39 Å². The number of hydrogen-bond donors (Lipinski definition) is 1. The summed E-state index contributed by atoms with van der Waals surface area (Å²) in [6, 6.07) is 12.1. The summed E-state index contributed by atoms with van der Waals surface area (Å²) in [6.07, 6.45) is 0. The lowest BCUT2D eigenvalue weighted by Gasteiger charge is -2.06. The van der Waals surface area contributed by atoms with Crippen molar-refractivity contribution in [3.05, 3.63) is 53.1 Å². The van der Waals surface area contributed by atoms with Crippen molar-refractivity contribution in [1.29, 1.82) is 0 Å². The molecule has 0 saturated heterocycles. The molecule has 0 saturated carbocycles. The molecule has 1 heterocycles. The van der Waals surface area contributed by atoms with Gasteiger partial charge in [-0.15, -0.1) is 0 Å². The number of rotatable bonds is 2. The fraction of sp³-hybridized carbons (Fsp3) is 0.0714. The summed E-state index contributed by atoms with van der Waals surface area (Å²) >= 11 is 5.30. The van der Waals surface area contributed by atoms with Crippen molar-refractivity contribution in [2.24, 2.45) is 0 Å². The molecule has 0 aliphatic heterocycles. The SMILES string of the molecule is COc1cccc(-n2c(=S)[nH]c3cc(F)ccc32)c1. The van der Waals surface area contributed by atoms with Crippen LogP contribution < -0.4 is 4.74 Å². The van der Waals surface area contributed by atoms with Crippen molar-refractivity contribution in [3.63, 3.8) is 0 Å². The number of benzene rings is 2. The third kappa shape index (κ3) is 2.02. The van der Waals surface area contributed by atoms with Crippen molar-refractivity contribution < 1.29 is 9.13 Å². The molecule has 0 radical (unpaired) electrons. The van der Waals surface area contributed by atoms with Crippen molar-refractivity contribution >= 4 is 23.3 Å². The van der Waals surface area contributed by atoms with Crippen LogP contribution in [-0.4, -0.2) is 16.7 Å². The van der Waals surface area contributed by atoms with Crippen LogP contribution in [0, 0.1) is 10.6 Å². The Bertz CT molecular complexity index is 807. The van der Waals surface area contributed by atoms with Crippen LogP contribution in [0.5, 0.6) is 5.75 Å². The zero-order valence-corrected chi connectivity index (χ0v) is 11.0. The summed E-state index contributed by atoms with van der Waals surface area (Å²) in [6.45, 7) is 0. The molecule has 0 fully saturated rings. The van der Waals surface area contributed by atoms with Gasteiger partial charge in [-0.3, -0.25) is 4.57 Å². The first kappa shape index (κ1) is 11.9. The van der Waals surface area contributed by atoms with Gasteiger partial charge < -0.3 is 9.72 Å². The number of nitrogens with zero attached hydrogens (tertiary/aromatic N) is 1. The normalized spacial score (nSPS) is 10.8. The second-order valence-electron chi connectivity index (χ2n) is 4.13. The highest BCUT2D eigenvalue weighted by Gasteiger charge is 2.07. The van der Waals surface area contributed by atoms with Crippen molar-refractivity contribution in [3.8, 4) is 11.4 Å². The third-order valence-corrected chi connectivity index (χ3v) is 3.24. The summed E-state index contributed by atoms with van der Waals surface area (Å²) in [5.74, 6) is 0.456. The first-order valence-corrected chi connectivity index (χ1v) is 6.14. The first-order valence-electron chi connectivity index (χ1n) is 5.74. The number of ether oxygens (including phenoxy) is 1. The van der Waals surface area contributed by atoms with Crippen molar-refractivity contribution in [2.45, 2.75) is 0 Å². The molecule has 1 aromatic heterocycles. The van der Waals surface area contributed by atoms with E-state index in [1.165, 1.54) is 12.1 Å². The van der Waals surface area contributed by atoms with Crippen LogP contribution in [0.3, 0.4) is 0 Å². The topological polar surface area (TPSA) is 29.9 Å². The monoisotopic (exact) mass is 274 g/mol. The van der Waals surface area contributed by atoms with Gasteiger partial charge in [0.05, 0.1) is 23.8 Å². The molecule has 0 amide bonds. The number of methoxy groups -OCH3 is 1. The number of aromatic amines is 1. The maximum Gasteiger partial charge on any atom is 0.182 e. The molecule has 0 unspecified atom stereocenters. The minimum Gasteiger partial charge on any atom is -0.497 e. The second-order valence-corrected chi connectivity index (χ2v) is 4.52. The van der Waals surface area contributed by atoms with Crippen molar-refractivity contribution in [2.75, 3.05) is 7.11 Å². The third-order valence-electron chi connectivity index (χ3n) is 2.96. The van der Waals surface area contributed by atoms with E-state index in [2.05, 4.69) is 4.98 Å². The smallest absolute Gasteiger partial charge is 0.182 e. The lowest BCUT2D eigenvalue weighted by Crippen LogP contribution is -1.94. The number of hydrogen-bond acceptors (Lipinski definition) is 2. The highest BCUT2D eigenvalue weighted by atomic mass is 32.1. The predicted molar refractivity (Wildman–Crippen MR) is 75.0 cm³/mol. The summed E-state index contributed by atoms with van der Waals surface area (Å²) < 4.78 is 20.8. The van der Waals surface area contributed by atoms with E-state index in [1.54, 1.807) is 13.2 Å². The molecule has 19 heavy (non-hydrogen) atoms. The van der Waals surface area contributed by atoms with Gasteiger partial charge in [0.2, 0.25) is 0 Å². The Hall–Kier alpha value is -2.14. The average Bonchev–Trinajstić information content (AvgIpc) is 2.73. The van der Waals surface area contributed by atoms with Crippen LogP contribution in [0.25, 0.3) is 16.7 Å². The lowest BCUT2D eigenvalue weighted by molar-refractivity contribution is 0.414. The lowest BCUT2D eigenvalue weighted by atomic mass is 10.2. The number of fused-ring (bicyclic) bond motifs is 1. The molecule has 0 atom stereocenters. The predicted octanol–water partition coefficient (Wildman–Crippen LogP) is 3.84. The van der Waals surface area contributed by atoms with Gasteiger partial charge >= 0.3 is 0 Å². The summed E-state index contributed by atoms with van der Waals surface area (Å²) in [7, 11) is 1.61. The molecule has 2 aromatic carbocycles. The molecule has 3 aromatic rings. The van der Waals surface area contributed by atoms with Gasteiger partial charge in [-0.05, 0) is 42.5 Å². The average molecular weight is 274 g/mol. The van der Waals surface area contributed by atoms with Gasteiger partial charge in [-0.25, -0.2) is 4.39 Å². The van der Waals surface area contributed by atoms with Gasteiger partial charge in [-0.1, -0.05) is 6.07 Å². The first-order chi connectivity index (χ1) is 9.19. The maximum absolute atomic E-state index is 13.2. The Morgan fingerprint density at radius 1 is 1.21 bits per heavy atom. The molecule has 96 valence electrons. The summed E-state index contributed by atoms with van der Waals surface area (Å²) in [5.41, 5.74) is 2.38. The van der Waals surface area contributed by atoms with E-state index < -0.39 is 0 Å². The highest BCUT2D eigenvalue weighted by molar-refractivity contribution is 7.71. The molecule has 0 bridgehead atoms. The molecule has 3 nitrogen and oxygen atoms in total. The molecule has 0 aliphatic rings. The van der Waals surface area contributed by atoms with Gasteiger partial charge in [0.1, 0.15) is 11.6 Å². The van der Waals surface area contributed by atoms with Crippen LogP contribution in [-0.2, 0) is 0 Å². The molecular formula is C14H11FN2OS. The van der Waals surface area contributed by atoms with Crippen LogP contribution in [0.1, 0.15) is 0 Å². The quantitative estimate of drug-likeness (QED) is 0.720. The van der Waals surface area contributed by atoms with Gasteiger partial charge in [0.15, 0.2) is 4.77 Å². The summed E-state index contributed by atoms with van der Waals surface area (Å²) in [4.78, 5) is 3.00. The van der Waals surface area contributed by atoms with Gasteiger partial charge in [0, 0.05) is 6.07 Å². The minimum absolute atomic E-state index is 0.290. The molecule has 3 rings (SSSR count). The van der Waals surface area contributed by atoms with Crippen molar-refractivity contribution in [1.82, 2.24) is 9.55 Å². The Balaban J connectivity index is 2.29. The molecule has 1 N–H and O–H groups in total. The minimum atomic E-state index is -0.290. The van der Waals surface area contributed by atoms with E-state index >= 15 is 0 Å². The van der Waals surface area contributed by atoms with E-state index in [0.29, 0.717) is 10.3 Å². The van der Waals surface area contributed by atoms with E-state index in [4.69, 9.17) is 17.0 Å². The summed E-state index contributed by atoms with van der Waals surface area (Å²) in [5, 5.41) is 0. The number of H-pyrrole nitrogens is 1. The highest BCUT2D eigenvalue weighted by Crippen LogP contribution is 2.23. The molecule has 0 spiro atoms. The molecular weight excluding hydrogens is 263 g/mol. The Morgan fingerprint density at radius 2 is 2.05 bits per heavy atom. The Morgan fingerprint density at radius 3 is 2.84 bits per heavy atom. The standard InChI is InChI=1S/C14H11FN2OS/c1-18-11-4-2-3-10(8-11)17-13-6-5-9(15)7-12(13)16-14(17)19/h2-8H,1H3,(H,16,19). The largest absolute Gasteiger partial charge is 0.497 e. The van der Waals surface area contributed by atoms with E-state index in [0.717, 1.165) is 17.0 Å².